The maximum atomic E-state index is 13.7. The summed E-state index contributed by atoms with van der Waals surface area (Å²) < 4.78 is 58.7. The molecule has 0 radical (unpaired) electrons. The van der Waals surface area contributed by atoms with Gasteiger partial charge in [-0.2, -0.15) is 0 Å². The number of rotatable bonds is 16. The molecule has 0 spiro atoms. The van der Waals surface area contributed by atoms with Crippen molar-refractivity contribution in [2.75, 3.05) is 0 Å². The molecule has 0 aliphatic carbocycles. The second-order valence-corrected chi connectivity index (χ2v) is 9.57. The van der Waals surface area contributed by atoms with Crippen LogP contribution in [0.1, 0.15) is 97.7 Å². The zero-order valence-corrected chi connectivity index (χ0v) is 21.8. The van der Waals surface area contributed by atoms with Crippen LogP contribution in [0.15, 0.2) is 36.4 Å². The zero-order chi connectivity index (χ0) is 25.8. The first-order valence-corrected chi connectivity index (χ1v) is 12.9. The van der Waals surface area contributed by atoms with Crippen molar-refractivity contribution in [3.63, 3.8) is 0 Å². The minimum atomic E-state index is -1.46. The van der Waals surface area contributed by atoms with Crippen molar-refractivity contribution in [2.24, 2.45) is 0 Å². The molecule has 0 saturated carbocycles. The van der Waals surface area contributed by atoms with Crippen molar-refractivity contribution in [2.45, 2.75) is 111 Å². The summed E-state index contributed by atoms with van der Waals surface area (Å²) in [5.74, 6) is -3.87. The van der Waals surface area contributed by atoms with Crippen LogP contribution in [0.2, 0.25) is 0 Å². The van der Waals surface area contributed by atoms with E-state index in [0.29, 0.717) is 5.56 Å². The van der Waals surface area contributed by atoms with Crippen molar-refractivity contribution in [3.8, 4) is 11.1 Å². The molecule has 2 aromatic carbocycles. The molecule has 3 nitrogen and oxygen atoms in total. The van der Waals surface area contributed by atoms with E-state index in [-0.39, 0.29) is 23.9 Å². The average Bonchev–Trinajstić information content (AvgIpc) is 2.80. The third kappa shape index (κ3) is 10.3. The molecule has 1 atom stereocenters. The molecule has 6 heteroatoms. The Labute approximate surface area is 209 Å². The van der Waals surface area contributed by atoms with Crippen molar-refractivity contribution in [3.05, 3.63) is 59.4 Å². The van der Waals surface area contributed by atoms with Crippen LogP contribution >= 0.6 is 0 Å². The quantitative estimate of drug-likeness (QED) is 0.132. The molecular weight excluding hydrogens is 453 g/mol. The molecule has 0 aromatic heterocycles. The van der Waals surface area contributed by atoms with Gasteiger partial charge in [0.1, 0.15) is 0 Å². The molecule has 0 fully saturated rings. The zero-order valence-electron chi connectivity index (χ0n) is 21.8. The van der Waals surface area contributed by atoms with Gasteiger partial charge in [-0.15, -0.1) is 0 Å². The number of halogens is 3. The molecule has 0 aliphatic rings. The molecule has 0 bridgehead atoms. The third-order valence-corrected chi connectivity index (χ3v) is 5.71. The summed E-state index contributed by atoms with van der Waals surface area (Å²) in [5, 5.41) is 0. The number of benzene rings is 2. The average molecular weight is 495 g/mol. The van der Waals surface area contributed by atoms with E-state index in [2.05, 4.69) is 6.92 Å². The highest BCUT2D eigenvalue weighted by molar-refractivity contribution is 5.64. The Kier molecular flexibility index (Phi) is 12.8. The highest BCUT2D eigenvalue weighted by Gasteiger charge is 2.22. The Morgan fingerprint density at radius 1 is 0.657 bits per heavy atom. The molecule has 2 aromatic rings. The van der Waals surface area contributed by atoms with Crippen LogP contribution in [0.4, 0.5) is 13.2 Å². The predicted molar refractivity (Wildman–Crippen MR) is 134 cm³/mol. The second kappa shape index (κ2) is 15.3. The van der Waals surface area contributed by atoms with Gasteiger partial charge >= 0.3 is 0 Å². The Hall–Kier alpha value is -1.89. The van der Waals surface area contributed by atoms with Gasteiger partial charge in [-0.1, -0.05) is 76.1 Å². The summed E-state index contributed by atoms with van der Waals surface area (Å²) in [7, 11) is 0. The smallest absolute Gasteiger partial charge is 0.272 e. The van der Waals surface area contributed by atoms with Gasteiger partial charge in [0.25, 0.3) is 6.48 Å². The van der Waals surface area contributed by atoms with Crippen LogP contribution in [0.5, 0.6) is 0 Å². The topological polar surface area (TPSA) is 27.7 Å². The fourth-order valence-electron chi connectivity index (χ4n) is 3.89. The lowest BCUT2D eigenvalue weighted by Gasteiger charge is -2.28. The first kappa shape index (κ1) is 29.3. The third-order valence-electron chi connectivity index (χ3n) is 5.71. The van der Waals surface area contributed by atoms with E-state index < -0.39 is 23.9 Å². The first-order chi connectivity index (χ1) is 16.7. The van der Waals surface area contributed by atoms with Crippen LogP contribution in [0, 0.1) is 17.5 Å². The van der Waals surface area contributed by atoms with Crippen LogP contribution in [-0.4, -0.2) is 18.7 Å². The molecule has 35 heavy (non-hydrogen) atoms. The summed E-state index contributed by atoms with van der Waals surface area (Å²) in [5.41, 5.74) is 1.80. The highest BCUT2D eigenvalue weighted by atomic mass is 19.2. The van der Waals surface area contributed by atoms with Gasteiger partial charge in [0.2, 0.25) is 0 Å². The molecule has 0 heterocycles. The largest absolute Gasteiger partial charge is 0.327 e. The Morgan fingerprint density at radius 2 is 1.17 bits per heavy atom. The molecule has 0 saturated heterocycles. The summed E-state index contributed by atoms with van der Waals surface area (Å²) in [6.07, 6.45) is 8.75. The summed E-state index contributed by atoms with van der Waals surface area (Å²) in [6, 6.07) is 9.30. The summed E-state index contributed by atoms with van der Waals surface area (Å²) in [4.78, 5) is 0. The maximum absolute atomic E-state index is 13.7. The van der Waals surface area contributed by atoms with E-state index in [1.807, 2.05) is 39.8 Å². The Bertz CT molecular complexity index is 835. The molecule has 2 rings (SSSR count). The second-order valence-electron chi connectivity index (χ2n) is 9.57. The summed E-state index contributed by atoms with van der Waals surface area (Å²) >= 11 is 0. The van der Waals surface area contributed by atoms with E-state index >= 15 is 0 Å². The van der Waals surface area contributed by atoms with E-state index in [4.69, 9.17) is 14.2 Å². The van der Waals surface area contributed by atoms with Crippen molar-refractivity contribution in [1.29, 1.82) is 0 Å². The Morgan fingerprint density at radius 3 is 1.69 bits per heavy atom. The van der Waals surface area contributed by atoms with Crippen LogP contribution in [0.25, 0.3) is 11.1 Å². The first-order valence-electron chi connectivity index (χ1n) is 12.9. The number of ether oxygens (including phenoxy) is 3. The maximum Gasteiger partial charge on any atom is 0.272 e. The monoisotopic (exact) mass is 494 g/mol. The molecule has 196 valence electrons. The fraction of sp³-hybridized carbons (Fsp3) is 0.586. The SMILES string of the molecule is CCCCCCCCCC(OC(OC(C)C)OC(C)C)c1ccc(-c2cc(F)c(F)c(F)c2)cc1. The number of hydrogen-bond donors (Lipinski definition) is 0. The van der Waals surface area contributed by atoms with Gasteiger partial charge in [0.15, 0.2) is 17.5 Å². The predicted octanol–water partition coefficient (Wildman–Crippen LogP) is 9.10. The van der Waals surface area contributed by atoms with Crippen LogP contribution in [0.3, 0.4) is 0 Å². The lowest BCUT2D eigenvalue weighted by atomic mass is 9.98. The van der Waals surface area contributed by atoms with E-state index in [9.17, 15) is 13.2 Å². The van der Waals surface area contributed by atoms with E-state index in [0.717, 1.165) is 37.0 Å². The summed E-state index contributed by atoms with van der Waals surface area (Å²) in [6.45, 7) is 9.14. The van der Waals surface area contributed by atoms with Crippen LogP contribution < -0.4 is 0 Å². The Balaban J connectivity index is 2.15. The van der Waals surface area contributed by atoms with Gasteiger partial charge in [0.05, 0.1) is 18.3 Å². The fourth-order valence-corrected chi connectivity index (χ4v) is 3.89. The van der Waals surface area contributed by atoms with Crippen molar-refractivity contribution < 1.29 is 27.4 Å². The van der Waals surface area contributed by atoms with Gasteiger partial charge < -0.3 is 14.2 Å². The van der Waals surface area contributed by atoms with E-state index in [1.54, 1.807) is 12.1 Å². The van der Waals surface area contributed by atoms with E-state index in [1.165, 1.54) is 32.1 Å². The van der Waals surface area contributed by atoms with Gasteiger partial charge in [0, 0.05) is 0 Å². The molecular formula is C29H41F3O3. The number of hydrogen-bond acceptors (Lipinski definition) is 3. The van der Waals surface area contributed by atoms with Gasteiger partial charge in [-0.25, -0.2) is 13.2 Å². The molecule has 0 N–H and O–H groups in total. The highest BCUT2D eigenvalue weighted by Crippen LogP contribution is 2.30. The minimum absolute atomic E-state index is 0.0661. The van der Waals surface area contributed by atoms with Crippen molar-refractivity contribution in [1.82, 2.24) is 0 Å². The standard InChI is InChI=1S/C29H41F3O3/c1-6-7-8-9-10-11-12-13-27(35-29(33-20(2)3)34-21(4)5)23-16-14-22(15-17-23)24-18-25(30)28(32)26(31)19-24/h14-21,27,29H,6-13H2,1-5H3. The normalized spacial score (nSPS) is 12.8. The molecule has 0 amide bonds. The van der Waals surface area contributed by atoms with Gasteiger partial charge in [-0.05, 0) is 62.9 Å². The lowest BCUT2D eigenvalue weighted by molar-refractivity contribution is -0.328. The molecule has 0 aliphatic heterocycles. The van der Waals surface area contributed by atoms with Crippen molar-refractivity contribution >= 4 is 0 Å². The minimum Gasteiger partial charge on any atom is -0.327 e. The number of unbranched alkanes of at least 4 members (excludes halogenated alkanes) is 6. The van der Waals surface area contributed by atoms with Gasteiger partial charge in [-0.3, -0.25) is 0 Å². The van der Waals surface area contributed by atoms with Crippen LogP contribution in [-0.2, 0) is 14.2 Å². The lowest BCUT2D eigenvalue weighted by Crippen LogP contribution is -2.29. The molecule has 1 unspecified atom stereocenters.